The molecule has 162 valence electrons. The molecule has 29 heavy (non-hydrogen) atoms. The first kappa shape index (κ1) is 24.1. The van der Waals surface area contributed by atoms with Crippen molar-refractivity contribution in [3.8, 4) is 0 Å². The first-order valence-corrected chi connectivity index (χ1v) is 11.5. The Labute approximate surface area is 194 Å². The first-order chi connectivity index (χ1) is 13.3. The first-order valence-electron chi connectivity index (χ1n) is 9.27. The lowest BCUT2D eigenvalue weighted by Gasteiger charge is -2.39. The lowest BCUT2D eigenvalue weighted by Crippen LogP contribution is -2.48. The highest BCUT2D eigenvalue weighted by Crippen LogP contribution is 2.28. The number of sulfonamides is 1. The van der Waals surface area contributed by atoms with Gasteiger partial charge in [-0.15, -0.1) is 35.3 Å². The largest absolute Gasteiger partial charge is 0.351 e. The van der Waals surface area contributed by atoms with Crippen LogP contribution >= 0.6 is 35.3 Å². The van der Waals surface area contributed by atoms with Gasteiger partial charge in [-0.3, -0.25) is 4.99 Å². The molecule has 1 aliphatic heterocycles. The molecule has 1 saturated heterocycles. The van der Waals surface area contributed by atoms with Crippen LogP contribution in [0.1, 0.15) is 24.3 Å². The molecule has 3 rings (SSSR count). The lowest BCUT2D eigenvalue weighted by molar-refractivity contribution is 0.189. The van der Waals surface area contributed by atoms with E-state index in [4.69, 9.17) is 0 Å². The number of halogens is 1. The van der Waals surface area contributed by atoms with E-state index in [9.17, 15) is 8.42 Å². The molecule has 2 unspecified atom stereocenters. The number of nitrogens with zero attached hydrogens (tertiary/aromatic N) is 5. The van der Waals surface area contributed by atoms with E-state index in [2.05, 4.69) is 31.7 Å². The van der Waals surface area contributed by atoms with Crippen molar-refractivity contribution in [1.29, 1.82) is 0 Å². The summed E-state index contributed by atoms with van der Waals surface area (Å²) in [5.74, 6) is 1.40. The van der Waals surface area contributed by atoms with Gasteiger partial charge in [0.25, 0.3) is 10.0 Å². The van der Waals surface area contributed by atoms with E-state index in [1.165, 1.54) is 15.6 Å². The van der Waals surface area contributed by atoms with E-state index >= 15 is 0 Å². The number of likely N-dealkylation sites (tertiary alicyclic amines) is 1. The molecule has 0 amide bonds. The fourth-order valence-corrected chi connectivity index (χ4v) is 5.83. The summed E-state index contributed by atoms with van der Waals surface area (Å²) in [6, 6.07) is 3.87. The normalized spacial score (nSPS) is 20.6. The Morgan fingerprint density at radius 3 is 2.79 bits per heavy atom. The van der Waals surface area contributed by atoms with Gasteiger partial charge in [0.2, 0.25) is 0 Å². The second kappa shape index (κ2) is 10.2. The quantitative estimate of drug-likeness (QED) is 0.350. The van der Waals surface area contributed by atoms with Crippen LogP contribution in [0.5, 0.6) is 0 Å². The number of piperidine rings is 1. The maximum absolute atomic E-state index is 12.2. The van der Waals surface area contributed by atoms with Gasteiger partial charge in [-0.05, 0) is 24.5 Å². The van der Waals surface area contributed by atoms with Crippen LogP contribution in [0.15, 0.2) is 40.1 Å². The Morgan fingerprint density at radius 2 is 2.17 bits per heavy atom. The van der Waals surface area contributed by atoms with Gasteiger partial charge in [-0.1, -0.05) is 6.92 Å². The van der Waals surface area contributed by atoms with Crippen molar-refractivity contribution in [3.05, 3.63) is 35.7 Å². The summed E-state index contributed by atoms with van der Waals surface area (Å²) in [5, 5.41) is 3.38. The number of nitrogens with one attached hydrogen (secondary N) is 1. The predicted octanol–water partition coefficient (Wildman–Crippen LogP) is 2.47. The summed E-state index contributed by atoms with van der Waals surface area (Å²) in [5.41, 5.74) is 0. The standard InChI is InChI=1S/C18H28N6O2S2.HI/c1-14-7-9-23(12-16(14)24-10-8-20-13-24)18(19-2)21-11-15-5-6-17(27-15)28(25,26)22(3)4;/h5-6,8,10,13-14,16H,7,9,11-12H2,1-4H3,(H,19,21);1H. The second-order valence-electron chi connectivity index (χ2n) is 7.20. The van der Waals surface area contributed by atoms with Gasteiger partial charge in [0.15, 0.2) is 5.96 Å². The topological polar surface area (TPSA) is 82.8 Å². The van der Waals surface area contributed by atoms with Gasteiger partial charge in [0.1, 0.15) is 4.21 Å². The summed E-state index contributed by atoms with van der Waals surface area (Å²) < 4.78 is 28.2. The number of imidazole rings is 1. The average molecular weight is 553 g/mol. The van der Waals surface area contributed by atoms with E-state index in [1.807, 2.05) is 24.8 Å². The molecule has 0 saturated carbocycles. The van der Waals surface area contributed by atoms with Crippen molar-refractivity contribution in [3.63, 3.8) is 0 Å². The molecule has 0 spiro atoms. The van der Waals surface area contributed by atoms with E-state index in [0.717, 1.165) is 30.3 Å². The second-order valence-corrected chi connectivity index (χ2v) is 10.7. The van der Waals surface area contributed by atoms with Crippen LogP contribution in [0.25, 0.3) is 0 Å². The molecular formula is C18H29IN6O2S2. The number of aliphatic imine (C=N–C) groups is 1. The van der Waals surface area contributed by atoms with Crippen molar-refractivity contribution in [1.82, 2.24) is 24.1 Å². The van der Waals surface area contributed by atoms with Crippen LogP contribution in [0.4, 0.5) is 0 Å². The summed E-state index contributed by atoms with van der Waals surface area (Å²) >= 11 is 1.29. The molecule has 2 aromatic rings. The zero-order valence-corrected chi connectivity index (χ0v) is 21.1. The molecule has 0 aliphatic carbocycles. The Kier molecular flexibility index (Phi) is 8.49. The van der Waals surface area contributed by atoms with Gasteiger partial charge in [0, 0.05) is 51.5 Å². The van der Waals surface area contributed by atoms with Crippen molar-refractivity contribution >= 4 is 51.3 Å². The third kappa shape index (κ3) is 5.50. The van der Waals surface area contributed by atoms with E-state index < -0.39 is 10.0 Å². The van der Waals surface area contributed by atoms with Crippen LogP contribution < -0.4 is 5.32 Å². The molecular weight excluding hydrogens is 523 g/mol. The fourth-order valence-electron chi connectivity index (χ4n) is 3.37. The number of aromatic nitrogens is 2. The SMILES string of the molecule is CN=C(NCc1ccc(S(=O)(=O)N(C)C)s1)N1CCC(C)C(n2ccnc2)C1.I. The zero-order valence-electron chi connectivity index (χ0n) is 17.1. The molecule has 1 aliphatic rings. The highest BCUT2D eigenvalue weighted by molar-refractivity contribution is 14.0. The Hall–Kier alpha value is -1.18. The summed E-state index contributed by atoms with van der Waals surface area (Å²) in [6.45, 7) is 4.62. The maximum atomic E-state index is 12.2. The molecule has 11 heteroatoms. The fraction of sp³-hybridized carbons (Fsp3) is 0.556. The molecule has 2 atom stereocenters. The number of hydrogen-bond acceptors (Lipinski definition) is 5. The Balaban J connectivity index is 0.00000300. The zero-order chi connectivity index (χ0) is 20.3. The van der Waals surface area contributed by atoms with Crippen molar-refractivity contribution in [2.75, 3.05) is 34.2 Å². The van der Waals surface area contributed by atoms with Gasteiger partial charge < -0.3 is 14.8 Å². The minimum Gasteiger partial charge on any atom is -0.351 e. The molecule has 8 nitrogen and oxygen atoms in total. The molecule has 2 aromatic heterocycles. The van der Waals surface area contributed by atoms with Gasteiger partial charge in [-0.2, -0.15) is 0 Å². The third-order valence-electron chi connectivity index (χ3n) is 5.13. The van der Waals surface area contributed by atoms with Crippen molar-refractivity contribution < 1.29 is 8.42 Å². The molecule has 0 aromatic carbocycles. The number of rotatable bonds is 5. The smallest absolute Gasteiger partial charge is 0.252 e. The van der Waals surface area contributed by atoms with E-state index in [1.54, 1.807) is 27.2 Å². The molecule has 3 heterocycles. The van der Waals surface area contributed by atoms with Crippen LogP contribution in [0.3, 0.4) is 0 Å². The highest BCUT2D eigenvalue weighted by atomic mass is 127. The molecule has 1 fully saturated rings. The van der Waals surface area contributed by atoms with Crippen LogP contribution in [-0.4, -0.2) is 67.4 Å². The van der Waals surface area contributed by atoms with Crippen molar-refractivity contribution in [2.45, 2.75) is 30.1 Å². The van der Waals surface area contributed by atoms with Gasteiger partial charge >= 0.3 is 0 Å². The summed E-state index contributed by atoms with van der Waals surface area (Å²) in [6.07, 6.45) is 6.78. The molecule has 0 bridgehead atoms. The Bertz CT molecular complexity index is 911. The minimum absolute atomic E-state index is 0. The Morgan fingerprint density at radius 1 is 1.41 bits per heavy atom. The minimum atomic E-state index is -3.38. The molecule has 1 N–H and O–H groups in total. The van der Waals surface area contributed by atoms with E-state index in [-0.39, 0.29) is 24.0 Å². The number of thiophene rings is 1. The van der Waals surface area contributed by atoms with Gasteiger partial charge in [0.05, 0.1) is 18.9 Å². The monoisotopic (exact) mass is 552 g/mol. The number of guanidine groups is 1. The molecule has 0 radical (unpaired) electrons. The average Bonchev–Trinajstić information content (AvgIpc) is 3.35. The van der Waals surface area contributed by atoms with Crippen LogP contribution in [-0.2, 0) is 16.6 Å². The summed E-state index contributed by atoms with van der Waals surface area (Å²) in [4.78, 5) is 11.8. The predicted molar refractivity (Wildman–Crippen MR) is 127 cm³/mol. The lowest BCUT2D eigenvalue weighted by atomic mass is 9.93. The maximum Gasteiger partial charge on any atom is 0.252 e. The third-order valence-corrected chi connectivity index (χ3v) is 8.50. The van der Waals surface area contributed by atoms with Crippen molar-refractivity contribution in [2.24, 2.45) is 10.9 Å². The summed E-state index contributed by atoms with van der Waals surface area (Å²) in [7, 11) is 1.49. The van der Waals surface area contributed by atoms with Crippen LogP contribution in [0.2, 0.25) is 0 Å². The van der Waals surface area contributed by atoms with E-state index in [0.29, 0.717) is 22.7 Å². The van der Waals surface area contributed by atoms with Gasteiger partial charge in [-0.25, -0.2) is 17.7 Å². The highest BCUT2D eigenvalue weighted by Gasteiger charge is 2.29. The van der Waals surface area contributed by atoms with Crippen LogP contribution in [0, 0.1) is 5.92 Å². The number of hydrogen-bond donors (Lipinski definition) is 1.